The van der Waals surface area contributed by atoms with Gasteiger partial charge in [0.25, 0.3) is 0 Å². The fourth-order valence-corrected chi connectivity index (χ4v) is 4.19. The van der Waals surface area contributed by atoms with Crippen LogP contribution in [0.4, 0.5) is 0 Å². The molecule has 7 nitrogen and oxygen atoms in total. The van der Waals surface area contributed by atoms with E-state index in [-0.39, 0.29) is 39.9 Å². The molecule has 2 heterocycles. The Morgan fingerprint density at radius 3 is 2.50 bits per heavy atom. The molecule has 0 radical (unpaired) electrons. The smallest absolute Gasteiger partial charge is 0.204 e. The van der Waals surface area contributed by atoms with E-state index in [9.17, 15) is 15.0 Å². The minimum absolute atomic E-state index is 0.106. The van der Waals surface area contributed by atoms with Crippen molar-refractivity contribution >= 4 is 21.9 Å². The van der Waals surface area contributed by atoms with Crippen LogP contribution in [0.15, 0.2) is 33.0 Å². The summed E-state index contributed by atoms with van der Waals surface area (Å²) in [5.41, 5.74) is 1.57. The topological polar surface area (TPSA) is 98.4 Å². The van der Waals surface area contributed by atoms with Crippen molar-refractivity contribution in [2.75, 3.05) is 14.2 Å². The van der Waals surface area contributed by atoms with Crippen LogP contribution >= 0.6 is 0 Å². The van der Waals surface area contributed by atoms with Crippen LogP contribution in [0.3, 0.4) is 0 Å². The van der Waals surface area contributed by atoms with Crippen LogP contribution in [-0.2, 0) is 12.8 Å². The van der Waals surface area contributed by atoms with E-state index in [1.807, 2.05) is 19.9 Å². The number of phenolic OH excluding ortho intramolecular Hbond substituents is 1. The Bertz CT molecular complexity index is 1310. The van der Waals surface area contributed by atoms with Gasteiger partial charge in [-0.1, -0.05) is 11.6 Å². The zero-order valence-corrected chi connectivity index (χ0v) is 19.2. The molecule has 1 atom stereocenters. The van der Waals surface area contributed by atoms with Crippen molar-refractivity contribution in [3.63, 3.8) is 0 Å². The highest BCUT2D eigenvalue weighted by atomic mass is 16.5. The van der Waals surface area contributed by atoms with Gasteiger partial charge in [-0.25, -0.2) is 0 Å². The maximum absolute atomic E-state index is 13.9. The van der Waals surface area contributed by atoms with Crippen molar-refractivity contribution in [2.45, 2.75) is 52.2 Å². The molecule has 4 rings (SSSR count). The largest absolute Gasteiger partial charge is 0.504 e. The van der Waals surface area contributed by atoms with Crippen LogP contribution in [0, 0.1) is 0 Å². The zero-order valence-electron chi connectivity index (χ0n) is 19.2. The Morgan fingerprint density at radius 2 is 1.88 bits per heavy atom. The second kappa shape index (κ2) is 7.74. The van der Waals surface area contributed by atoms with Gasteiger partial charge in [-0.3, -0.25) is 4.79 Å². The molecular weight excluding hydrogens is 412 g/mol. The van der Waals surface area contributed by atoms with Crippen LogP contribution in [-0.4, -0.2) is 36.1 Å². The third-order valence-electron chi connectivity index (χ3n) is 6.01. The Kier molecular flexibility index (Phi) is 5.33. The number of hydrogen-bond acceptors (Lipinski definition) is 7. The second-order valence-corrected chi connectivity index (χ2v) is 8.88. The lowest BCUT2D eigenvalue weighted by atomic mass is 9.89. The monoisotopic (exact) mass is 440 g/mol. The molecule has 2 aromatic carbocycles. The molecule has 1 aliphatic heterocycles. The van der Waals surface area contributed by atoms with E-state index in [4.69, 9.17) is 18.6 Å². The van der Waals surface area contributed by atoms with E-state index < -0.39 is 11.7 Å². The molecule has 0 fully saturated rings. The second-order valence-electron chi connectivity index (χ2n) is 8.88. The molecular formula is C25H28O7. The number of allylic oxidation sites excluding steroid dienone is 2. The van der Waals surface area contributed by atoms with E-state index in [2.05, 4.69) is 0 Å². The minimum Gasteiger partial charge on any atom is -0.504 e. The molecule has 0 aliphatic carbocycles. The highest BCUT2D eigenvalue weighted by molar-refractivity contribution is 5.98. The first-order valence-electron chi connectivity index (χ1n) is 10.5. The maximum atomic E-state index is 13.9. The number of phenols is 1. The first-order chi connectivity index (χ1) is 15.1. The number of methoxy groups -OCH3 is 2. The lowest BCUT2D eigenvalue weighted by molar-refractivity contribution is -0.0406. The van der Waals surface area contributed by atoms with Gasteiger partial charge in [-0.05, 0) is 34.1 Å². The molecule has 0 saturated carbocycles. The molecule has 0 spiro atoms. The molecule has 7 heteroatoms. The fourth-order valence-electron chi connectivity index (χ4n) is 4.19. The number of rotatable bonds is 4. The Balaban J connectivity index is 2.16. The summed E-state index contributed by atoms with van der Waals surface area (Å²) in [5, 5.41) is 21.7. The summed E-state index contributed by atoms with van der Waals surface area (Å²) < 4.78 is 23.2. The number of hydrogen-bond donors (Lipinski definition) is 2. The molecule has 0 saturated heterocycles. The summed E-state index contributed by atoms with van der Waals surface area (Å²) in [6.07, 6.45) is 1.86. The van der Waals surface area contributed by atoms with Crippen LogP contribution in [0.2, 0.25) is 0 Å². The fraction of sp³-hybridized carbons (Fsp3) is 0.400. The summed E-state index contributed by atoms with van der Waals surface area (Å²) in [6.45, 7) is 7.46. The summed E-state index contributed by atoms with van der Waals surface area (Å²) >= 11 is 0. The summed E-state index contributed by atoms with van der Waals surface area (Å²) in [5.74, 6) is 0.948. The van der Waals surface area contributed by atoms with E-state index >= 15 is 0 Å². The van der Waals surface area contributed by atoms with E-state index in [1.165, 1.54) is 20.3 Å². The number of aromatic hydroxyl groups is 1. The summed E-state index contributed by atoms with van der Waals surface area (Å²) in [7, 11) is 2.97. The number of aliphatic hydroxyl groups excluding tert-OH is 1. The lowest BCUT2D eigenvalue weighted by Gasteiger charge is -2.37. The Morgan fingerprint density at radius 1 is 1.19 bits per heavy atom. The van der Waals surface area contributed by atoms with Gasteiger partial charge >= 0.3 is 0 Å². The van der Waals surface area contributed by atoms with E-state index in [0.29, 0.717) is 34.4 Å². The van der Waals surface area contributed by atoms with Crippen molar-refractivity contribution in [1.29, 1.82) is 0 Å². The molecule has 0 unspecified atom stereocenters. The molecule has 0 amide bonds. The number of aliphatic hydroxyl groups is 1. The molecule has 3 aromatic rings. The van der Waals surface area contributed by atoms with Crippen LogP contribution < -0.4 is 19.6 Å². The van der Waals surface area contributed by atoms with Crippen molar-refractivity contribution in [3.8, 4) is 23.0 Å². The third-order valence-corrected chi connectivity index (χ3v) is 6.01. The number of benzene rings is 2. The molecule has 2 N–H and O–H groups in total. The number of fused-ring (bicyclic) bond motifs is 4. The first-order valence-corrected chi connectivity index (χ1v) is 10.5. The van der Waals surface area contributed by atoms with E-state index in [1.54, 1.807) is 19.9 Å². The first kappa shape index (κ1) is 22.0. The van der Waals surface area contributed by atoms with E-state index in [0.717, 1.165) is 5.57 Å². The normalized spacial score (nSPS) is 17.0. The van der Waals surface area contributed by atoms with Gasteiger partial charge < -0.3 is 28.8 Å². The predicted molar refractivity (Wildman–Crippen MR) is 122 cm³/mol. The zero-order chi connectivity index (χ0) is 23.4. The quantitative estimate of drug-likeness (QED) is 0.462. The average molecular weight is 440 g/mol. The van der Waals surface area contributed by atoms with Crippen LogP contribution in [0.5, 0.6) is 23.0 Å². The highest BCUT2D eigenvalue weighted by Crippen LogP contribution is 2.45. The van der Waals surface area contributed by atoms with Gasteiger partial charge in [0.1, 0.15) is 33.7 Å². The highest BCUT2D eigenvalue weighted by Gasteiger charge is 2.39. The van der Waals surface area contributed by atoms with Crippen molar-refractivity contribution in [3.05, 3.63) is 45.1 Å². The third kappa shape index (κ3) is 3.37. The molecule has 170 valence electrons. The van der Waals surface area contributed by atoms with Gasteiger partial charge in [-0.15, -0.1) is 0 Å². The molecule has 0 bridgehead atoms. The van der Waals surface area contributed by atoms with Gasteiger partial charge in [0.05, 0.1) is 25.7 Å². The molecule has 1 aromatic heterocycles. The van der Waals surface area contributed by atoms with Crippen LogP contribution in [0.1, 0.15) is 38.8 Å². The van der Waals surface area contributed by atoms with Gasteiger partial charge in [0.15, 0.2) is 11.5 Å². The van der Waals surface area contributed by atoms with Gasteiger partial charge in [0, 0.05) is 29.7 Å². The SMILES string of the molecule is COc1cc2oc3cc(O)c(OC)c(CC=C(C)C)c3c(=O)c2c2c1C[C@@H](O)C(C)(C)O2. The van der Waals surface area contributed by atoms with Crippen molar-refractivity contribution in [1.82, 2.24) is 0 Å². The number of ether oxygens (including phenoxy) is 3. The predicted octanol–water partition coefficient (Wildman–Crippen LogP) is 4.25. The maximum Gasteiger partial charge on any atom is 0.204 e. The average Bonchev–Trinajstić information content (AvgIpc) is 2.71. The molecule has 32 heavy (non-hydrogen) atoms. The molecule has 1 aliphatic rings. The Hall–Kier alpha value is -3.19. The minimum atomic E-state index is -0.898. The van der Waals surface area contributed by atoms with Crippen molar-refractivity contribution in [2.24, 2.45) is 0 Å². The van der Waals surface area contributed by atoms with Gasteiger partial charge in [-0.2, -0.15) is 0 Å². The summed E-state index contributed by atoms with van der Waals surface area (Å²) in [6, 6.07) is 3.02. The summed E-state index contributed by atoms with van der Waals surface area (Å²) in [4.78, 5) is 13.9. The Labute approximate surface area is 185 Å². The van der Waals surface area contributed by atoms with Gasteiger partial charge in [0.2, 0.25) is 5.43 Å². The van der Waals surface area contributed by atoms with Crippen molar-refractivity contribution < 1.29 is 28.8 Å². The lowest BCUT2D eigenvalue weighted by Crippen LogP contribution is -2.46. The van der Waals surface area contributed by atoms with Crippen LogP contribution in [0.25, 0.3) is 21.9 Å². The standard InChI is InChI=1S/C25H28O7/c1-12(2)7-8-13-20-17(10-15(26)23(13)30-6)31-18-11-16(29-5)14-9-19(27)25(3,4)32-24(14)21(18)22(20)28/h7,10-11,19,26-27H,8-9H2,1-6H3/t19-/m1/s1.